The van der Waals surface area contributed by atoms with Crippen LogP contribution in [0.1, 0.15) is 41.4 Å². The van der Waals surface area contributed by atoms with Crippen LogP contribution in [0.25, 0.3) is 5.76 Å². The summed E-state index contributed by atoms with van der Waals surface area (Å²) in [6.45, 7) is 3.44. The highest BCUT2D eigenvalue weighted by molar-refractivity contribution is 6.52. The summed E-state index contributed by atoms with van der Waals surface area (Å²) < 4.78 is 15.9. The maximum absolute atomic E-state index is 13.5. The van der Waals surface area contributed by atoms with E-state index in [1.165, 1.54) is 43.6 Å². The third-order valence-corrected chi connectivity index (χ3v) is 6.59. The van der Waals surface area contributed by atoms with E-state index in [0.717, 1.165) is 0 Å². The fraction of sp³-hybridized carbons (Fsp3) is 0.214. The van der Waals surface area contributed by atoms with Crippen molar-refractivity contribution in [3.05, 3.63) is 87.2 Å². The van der Waals surface area contributed by atoms with Crippen LogP contribution in [0.5, 0.6) is 11.5 Å². The van der Waals surface area contributed by atoms with Crippen molar-refractivity contribution >= 4 is 52.3 Å². The molecule has 1 aliphatic rings. The number of ether oxygens (including phenoxy) is 3. The summed E-state index contributed by atoms with van der Waals surface area (Å²) in [6.07, 6.45) is 2.63. The van der Waals surface area contributed by atoms with Gasteiger partial charge in [-0.05, 0) is 55.8 Å². The summed E-state index contributed by atoms with van der Waals surface area (Å²) in [4.78, 5) is 44.8. The van der Waals surface area contributed by atoms with Gasteiger partial charge in [-0.3, -0.25) is 19.5 Å². The Kier molecular flexibility index (Phi) is 8.13. The van der Waals surface area contributed by atoms with Crippen LogP contribution in [-0.4, -0.2) is 48.1 Å². The predicted molar refractivity (Wildman–Crippen MR) is 146 cm³/mol. The van der Waals surface area contributed by atoms with Gasteiger partial charge in [-0.2, -0.15) is 0 Å². The molecule has 0 aliphatic carbocycles. The summed E-state index contributed by atoms with van der Waals surface area (Å²) in [5.41, 5.74) is 0.656. The van der Waals surface area contributed by atoms with Crippen molar-refractivity contribution in [3.63, 3.8) is 0 Å². The van der Waals surface area contributed by atoms with Crippen LogP contribution in [0.15, 0.2) is 60.4 Å². The van der Waals surface area contributed by atoms with Crippen LogP contribution >= 0.6 is 23.2 Å². The summed E-state index contributed by atoms with van der Waals surface area (Å²) in [7, 11) is 2.69. The number of aliphatic hydroxyl groups is 1. The molecule has 0 bridgehead atoms. The number of Topliss-reactive ketones (excluding diaryl/α,β-unsaturated/α-hetero) is 1. The smallest absolute Gasteiger partial charge is 0.338 e. The molecule has 1 aromatic heterocycles. The third-order valence-electron chi connectivity index (χ3n) is 5.96. The van der Waals surface area contributed by atoms with E-state index in [9.17, 15) is 19.5 Å². The van der Waals surface area contributed by atoms with Crippen molar-refractivity contribution in [1.29, 1.82) is 0 Å². The number of ketones is 1. The molecule has 1 aliphatic heterocycles. The monoisotopic (exact) mass is 570 g/mol. The van der Waals surface area contributed by atoms with Gasteiger partial charge in [0.15, 0.2) is 11.5 Å². The molecule has 4 rings (SSSR count). The minimum absolute atomic E-state index is 0.00600. The Balaban J connectivity index is 1.95. The molecule has 1 amide bonds. The first kappa shape index (κ1) is 27.9. The number of carbonyl (C=O) groups excluding carboxylic acids is 3. The first-order chi connectivity index (χ1) is 18.6. The summed E-state index contributed by atoms with van der Waals surface area (Å²) in [5, 5.41) is 11.5. The number of amides is 1. The molecular weight excluding hydrogens is 547 g/mol. The second kappa shape index (κ2) is 11.3. The van der Waals surface area contributed by atoms with E-state index in [4.69, 9.17) is 37.4 Å². The molecule has 0 spiro atoms. The number of esters is 1. The number of hydrogen-bond donors (Lipinski definition) is 1. The number of anilines is 1. The molecule has 1 saturated heterocycles. The summed E-state index contributed by atoms with van der Waals surface area (Å²) >= 11 is 12.7. The molecule has 1 fully saturated rings. The molecule has 0 saturated carbocycles. The second-order valence-corrected chi connectivity index (χ2v) is 9.53. The number of methoxy groups -OCH3 is 2. The highest BCUT2D eigenvalue weighted by Crippen LogP contribution is 2.48. The van der Waals surface area contributed by atoms with Gasteiger partial charge in [-0.1, -0.05) is 29.3 Å². The average molecular weight is 571 g/mol. The van der Waals surface area contributed by atoms with Crippen LogP contribution < -0.4 is 14.4 Å². The predicted octanol–water partition coefficient (Wildman–Crippen LogP) is 5.60. The van der Waals surface area contributed by atoms with Crippen molar-refractivity contribution in [2.75, 3.05) is 19.1 Å². The fourth-order valence-corrected chi connectivity index (χ4v) is 5.00. The first-order valence-corrected chi connectivity index (χ1v) is 12.5. The second-order valence-electron chi connectivity index (χ2n) is 8.74. The Morgan fingerprint density at radius 3 is 2.31 bits per heavy atom. The van der Waals surface area contributed by atoms with Gasteiger partial charge in [0.1, 0.15) is 10.8 Å². The van der Waals surface area contributed by atoms with E-state index in [1.807, 2.05) is 0 Å². The van der Waals surface area contributed by atoms with Crippen LogP contribution in [-0.2, 0) is 14.3 Å². The first-order valence-electron chi connectivity index (χ1n) is 11.7. The zero-order valence-corrected chi connectivity index (χ0v) is 22.9. The maximum Gasteiger partial charge on any atom is 0.338 e. The van der Waals surface area contributed by atoms with E-state index < -0.39 is 29.5 Å². The minimum atomic E-state index is -1.09. The van der Waals surface area contributed by atoms with Gasteiger partial charge >= 0.3 is 5.97 Å². The van der Waals surface area contributed by atoms with Gasteiger partial charge < -0.3 is 19.3 Å². The van der Waals surface area contributed by atoms with Crippen LogP contribution in [0.4, 0.5) is 5.69 Å². The molecule has 1 atom stereocenters. The Bertz CT molecular complexity index is 1490. The number of hydrogen-bond acceptors (Lipinski definition) is 8. The number of halogens is 2. The van der Waals surface area contributed by atoms with Crippen molar-refractivity contribution in [2.24, 2.45) is 0 Å². The van der Waals surface area contributed by atoms with Crippen molar-refractivity contribution in [3.8, 4) is 11.5 Å². The SMILES string of the molecule is COc1c(Cl)cc(/C(O)=C2\C(=O)C(=O)N(c3cccc(C(=O)OC(C)C)c3)C2c2ccncc2)c(OC)c1Cl. The molecule has 39 heavy (non-hydrogen) atoms. The van der Waals surface area contributed by atoms with Crippen molar-refractivity contribution in [1.82, 2.24) is 4.98 Å². The zero-order chi connectivity index (χ0) is 28.4. The standard InChI is InChI=1S/C28H24Cl2N2O7/c1-14(2)39-28(36)16-6-5-7-17(12-16)32-22(15-8-10-31-11-9-15)20(24(34)27(32)35)23(33)18-13-19(29)26(38-4)21(30)25(18)37-3/h5-14,22,33H,1-4H3/b23-20+. The van der Waals surface area contributed by atoms with Gasteiger partial charge in [0.2, 0.25) is 0 Å². The number of benzene rings is 2. The Hall–Kier alpha value is -4.08. The molecule has 1 unspecified atom stereocenters. The number of nitrogens with zero attached hydrogens (tertiary/aromatic N) is 2. The molecule has 2 heterocycles. The largest absolute Gasteiger partial charge is 0.507 e. The van der Waals surface area contributed by atoms with E-state index >= 15 is 0 Å². The summed E-state index contributed by atoms with van der Waals surface area (Å²) in [5.74, 6) is -2.92. The molecule has 9 nitrogen and oxygen atoms in total. The van der Waals surface area contributed by atoms with E-state index in [2.05, 4.69) is 4.98 Å². The highest BCUT2D eigenvalue weighted by atomic mass is 35.5. The van der Waals surface area contributed by atoms with Gasteiger partial charge in [-0.15, -0.1) is 0 Å². The molecule has 2 aromatic carbocycles. The third kappa shape index (κ3) is 5.15. The molecule has 0 radical (unpaired) electrons. The fourth-order valence-electron chi connectivity index (χ4n) is 4.32. The van der Waals surface area contributed by atoms with Gasteiger partial charge in [0.25, 0.3) is 11.7 Å². The van der Waals surface area contributed by atoms with E-state index in [-0.39, 0.29) is 50.0 Å². The Morgan fingerprint density at radius 2 is 1.69 bits per heavy atom. The number of pyridine rings is 1. The summed E-state index contributed by atoms with van der Waals surface area (Å²) in [6, 6.07) is 9.60. The maximum atomic E-state index is 13.5. The number of aromatic nitrogens is 1. The van der Waals surface area contributed by atoms with Crippen LogP contribution in [0, 0.1) is 0 Å². The molecular formula is C28H24Cl2N2O7. The minimum Gasteiger partial charge on any atom is -0.507 e. The van der Waals surface area contributed by atoms with Crippen LogP contribution in [0.3, 0.4) is 0 Å². The number of aliphatic hydroxyl groups excluding tert-OH is 1. The lowest BCUT2D eigenvalue weighted by Crippen LogP contribution is -2.29. The molecule has 1 N–H and O–H groups in total. The topological polar surface area (TPSA) is 115 Å². The van der Waals surface area contributed by atoms with Gasteiger partial charge in [-0.25, -0.2) is 4.79 Å². The highest BCUT2D eigenvalue weighted by Gasteiger charge is 2.47. The number of rotatable bonds is 7. The van der Waals surface area contributed by atoms with E-state index in [0.29, 0.717) is 5.56 Å². The number of carbonyl (C=O) groups is 3. The van der Waals surface area contributed by atoms with Gasteiger partial charge in [0, 0.05) is 18.1 Å². The van der Waals surface area contributed by atoms with Crippen molar-refractivity contribution < 1.29 is 33.7 Å². The van der Waals surface area contributed by atoms with E-state index in [1.54, 1.807) is 44.2 Å². The lowest BCUT2D eigenvalue weighted by atomic mass is 9.95. The lowest BCUT2D eigenvalue weighted by molar-refractivity contribution is -0.132. The zero-order valence-electron chi connectivity index (χ0n) is 21.4. The average Bonchev–Trinajstić information content (AvgIpc) is 3.18. The molecule has 3 aromatic rings. The van der Waals surface area contributed by atoms with Crippen molar-refractivity contribution in [2.45, 2.75) is 26.0 Å². The lowest BCUT2D eigenvalue weighted by Gasteiger charge is -2.26. The van der Waals surface area contributed by atoms with Crippen LogP contribution in [0.2, 0.25) is 10.0 Å². The Labute approximate surface area is 234 Å². The molecule has 202 valence electrons. The van der Waals surface area contributed by atoms with Gasteiger partial charge in [0.05, 0.1) is 48.1 Å². The normalized spacial score (nSPS) is 16.5. The Morgan fingerprint density at radius 1 is 1.03 bits per heavy atom. The quantitative estimate of drug-likeness (QED) is 0.169. The molecule has 11 heteroatoms.